The summed E-state index contributed by atoms with van der Waals surface area (Å²) in [4.78, 5) is 25.9. The first kappa shape index (κ1) is 20.5. The van der Waals surface area contributed by atoms with Crippen molar-refractivity contribution in [1.29, 1.82) is 0 Å². The van der Waals surface area contributed by atoms with Gasteiger partial charge in [0.15, 0.2) is 11.5 Å². The SMILES string of the molecule is COc1cc(C(=O)NC2CCCCCC2)ccc1OC1CCN(C(C)=O)CC1. The summed E-state index contributed by atoms with van der Waals surface area (Å²) in [5.41, 5.74) is 0.597. The molecule has 3 rings (SSSR count). The lowest BCUT2D eigenvalue weighted by Gasteiger charge is -2.31. The van der Waals surface area contributed by atoms with Crippen LogP contribution in [0.15, 0.2) is 18.2 Å². The van der Waals surface area contributed by atoms with E-state index in [0.29, 0.717) is 30.2 Å². The number of hydrogen-bond acceptors (Lipinski definition) is 4. The van der Waals surface area contributed by atoms with Crippen LogP contribution in [0.2, 0.25) is 0 Å². The lowest BCUT2D eigenvalue weighted by atomic mass is 10.1. The summed E-state index contributed by atoms with van der Waals surface area (Å²) in [6.07, 6.45) is 8.66. The average molecular weight is 389 g/mol. The molecule has 1 heterocycles. The summed E-state index contributed by atoms with van der Waals surface area (Å²) in [6, 6.07) is 5.64. The van der Waals surface area contributed by atoms with E-state index in [-0.39, 0.29) is 24.0 Å². The minimum Gasteiger partial charge on any atom is -0.493 e. The second-order valence-corrected chi connectivity index (χ2v) is 7.85. The fourth-order valence-corrected chi connectivity index (χ4v) is 4.07. The third-order valence-corrected chi connectivity index (χ3v) is 5.80. The number of rotatable bonds is 5. The van der Waals surface area contributed by atoms with Crippen LogP contribution in [0.4, 0.5) is 0 Å². The predicted molar refractivity (Wildman–Crippen MR) is 108 cm³/mol. The van der Waals surface area contributed by atoms with Crippen LogP contribution in [-0.2, 0) is 4.79 Å². The Morgan fingerprint density at radius 1 is 1.00 bits per heavy atom. The number of nitrogens with zero attached hydrogens (tertiary/aromatic N) is 1. The monoisotopic (exact) mass is 388 g/mol. The van der Waals surface area contributed by atoms with Crippen molar-refractivity contribution in [1.82, 2.24) is 10.2 Å². The van der Waals surface area contributed by atoms with Crippen LogP contribution < -0.4 is 14.8 Å². The predicted octanol–water partition coefficient (Wildman–Crippen LogP) is 3.54. The maximum atomic E-state index is 12.6. The van der Waals surface area contributed by atoms with E-state index in [2.05, 4.69) is 5.32 Å². The molecule has 1 aromatic rings. The van der Waals surface area contributed by atoms with Gasteiger partial charge in [0.1, 0.15) is 6.10 Å². The maximum Gasteiger partial charge on any atom is 0.251 e. The number of methoxy groups -OCH3 is 1. The van der Waals surface area contributed by atoms with Crippen molar-refractivity contribution >= 4 is 11.8 Å². The van der Waals surface area contributed by atoms with Crippen LogP contribution in [0, 0.1) is 0 Å². The first-order chi connectivity index (χ1) is 13.6. The average Bonchev–Trinajstić information content (AvgIpc) is 2.97. The molecule has 6 nitrogen and oxygen atoms in total. The van der Waals surface area contributed by atoms with Crippen molar-refractivity contribution in [3.8, 4) is 11.5 Å². The highest BCUT2D eigenvalue weighted by atomic mass is 16.5. The first-order valence-electron chi connectivity index (χ1n) is 10.5. The number of ether oxygens (including phenoxy) is 2. The van der Waals surface area contributed by atoms with Gasteiger partial charge in [0.25, 0.3) is 5.91 Å². The largest absolute Gasteiger partial charge is 0.493 e. The van der Waals surface area contributed by atoms with Crippen LogP contribution in [0.5, 0.6) is 11.5 Å². The molecule has 1 aromatic carbocycles. The van der Waals surface area contributed by atoms with Gasteiger partial charge in [0.05, 0.1) is 7.11 Å². The Morgan fingerprint density at radius 3 is 2.29 bits per heavy atom. The Bertz CT molecular complexity index is 675. The van der Waals surface area contributed by atoms with Crippen molar-refractivity contribution in [2.24, 2.45) is 0 Å². The van der Waals surface area contributed by atoms with Crippen LogP contribution in [0.1, 0.15) is 68.6 Å². The summed E-state index contributed by atoms with van der Waals surface area (Å²) in [5.74, 6) is 1.28. The van der Waals surface area contributed by atoms with Gasteiger partial charge in [-0.1, -0.05) is 25.7 Å². The molecule has 0 bridgehead atoms. The van der Waals surface area contributed by atoms with Crippen molar-refractivity contribution in [3.05, 3.63) is 23.8 Å². The molecule has 2 aliphatic rings. The minimum atomic E-state index is -0.0495. The Morgan fingerprint density at radius 2 is 1.68 bits per heavy atom. The fourth-order valence-electron chi connectivity index (χ4n) is 4.07. The molecule has 1 N–H and O–H groups in total. The van der Waals surface area contributed by atoms with E-state index in [4.69, 9.17) is 9.47 Å². The normalized spacial score (nSPS) is 19.0. The second kappa shape index (κ2) is 9.80. The van der Waals surface area contributed by atoms with Gasteiger partial charge in [-0.2, -0.15) is 0 Å². The summed E-state index contributed by atoms with van der Waals surface area (Å²) < 4.78 is 11.6. The van der Waals surface area contributed by atoms with E-state index in [0.717, 1.165) is 25.7 Å². The lowest BCUT2D eigenvalue weighted by Crippen LogP contribution is -2.40. The van der Waals surface area contributed by atoms with Gasteiger partial charge in [-0.15, -0.1) is 0 Å². The summed E-state index contributed by atoms with van der Waals surface area (Å²) in [5, 5.41) is 3.17. The third-order valence-electron chi connectivity index (χ3n) is 5.80. The highest BCUT2D eigenvalue weighted by Crippen LogP contribution is 2.31. The van der Waals surface area contributed by atoms with Gasteiger partial charge in [0, 0.05) is 44.5 Å². The number of hydrogen-bond donors (Lipinski definition) is 1. The van der Waals surface area contributed by atoms with E-state index in [9.17, 15) is 9.59 Å². The van der Waals surface area contributed by atoms with E-state index in [1.54, 1.807) is 26.2 Å². The van der Waals surface area contributed by atoms with E-state index >= 15 is 0 Å². The van der Waals surface area contributed by atoms with E-state index in [1.165, 1.54) is 25.7 Å². The molecule has 2 amide bonds. The standard InChI is InChI=1S/C22H32N2O4/c1-16(25)24-13-11-19(12-14-24)28-20-10-9-17(15-21(20)27-2)22(26)23-18-7-5-3-4-6-8-18/h9-10,15,18-19H,3-8,11-14H2,1-2H3,(H,23,26). The Kier molecular flexibility index (Phi) is 7.18. The maximum absolute atomic E-state index is 12.6. The summed E-state index contributed by atoms with van der Waals surface area (Å²) in [6.45, 7) is 3.03. The highest BCUT2D eigenvalue weighted by Gasteiger charge is 2.23. The number of carbonyl (C=O) groups excluding carboxylic acids is 2. The van der Waals surface area contributed by atoms with Crippen LogP contribution in [0.3, 0.4) is 0 Å². The molecule has 0 aromatic heterocycles. The van der Waals surface area contributed by atoms with Gasteiger partial charge in [-0.05, 0) is 31.0 Å². The van der Waals surface area contributed by atoms with Gasteiger partial charge < -0.3 is 19.7 Å². The van der Waals surface area contributed by atoms with Crippen molar-refractivity contribution in [2.75, 3.05) is 20.2 Å². The number of nitrogens with one attached hydrogen (secondary N) is 1. The Balaban J connectivity index is 1.60. The van der Waals surface area contributed by atoms with Gasteiger partial charge >= 0.3 is 0 Å². The Hall–Kier alpha value is -2.24. The quantitative estimate of drug-likeness (QED) is 0.784. The molecule has 0 spiro atoms. The van der Waals surface area contributed by atoms with E-state index < -0.39 is 0 Å². The molecule has 1 aliphatic carbocycles. The first-order valence-corrected chi connectivity index (χ1v) is 10.5. The highest BCUT2D eigenvalue weighted by molar-refractivity contribution is 5.95. The summed E-state index contributed by atoms with van der Waals surface area (Å²) in [7, 11) is 1.59. The molecule has 1 saturated heterocycles. The van der Waals surface area contributed by atoms with Gasteiger partial charge in [-0.25, -0.2) is 0 Å². The molecule has 0 atom stereocenters. The van der Waals surface area contributed by atoms with Crippen molar-refractivity contribution in [2.45, 2.75) is 70.4 Å². The Labute approximate surface area is 167 Å². The molecular weight excluding hydrogens is 356 g/mol. The van der Waals surface area contributed by atoms with E-state index in [1.807, 2.05) is 11.0 Å². The zero-order valence-electron chi connectivity index (χ0n) is 17.0. The fraction of sp³-hybridized carbons (Fsp3) is 0.636. The second-order valence-electron chi connectivity index (χ2n) is 7.85. The topological polar surface area (TPSA) is 67.9 Å². The van der Waals surface area contributed by atoms with Crippen LogP contribution in [-0.4, -0.2) is 49.1 Å². The molecule has 1 aliphatic heterocycles. The number of benzene rings is 1. The third kappa shape index (κ3) is 5.40. The van der Waals surface area contributed by atoms with Crippen LogP contribution >= 0.6 is 0 Å². The molecule has 154 valence electrons. The molecule has 0 unspecified atom stereocenters. The number of amides is 2. The van der Waals surface area contributed by atoms with Crippen molar-refractivity contribution < 1.29 is 19.1 Å². The molecule has 1 saturated carbocycles. The molecule has 2 fully saturated rings. The molecule has 0 radical (unpaired) electrons. The van der Waals surface area contributed by atoms with Gasteiger partial charge in [-0.3, -0.25) is 9.59 Å². The minimum absolute atomic E-state index is 0.0495. The number of piperidine rings is 1. The van der Waals surface area contributed by atoms with Crippen LogP contribution in [0.25, 0.3) is 0 Å². The summed E-state index contributed by atoms with van der Waals surface area (Å²) >= 11 is 0. The molecule has 6 heteroatoms. The van der Waals surface area contributed by atoms with Crippen molar-refractivity contribution in [3.63, 3.8) is 0 Å². The lowest BCUT2D eigenvalue weighted by molar-refractivity contribution is -0.130. The zero-order valence-corrected chi connectivity index (χ0v) is 17.0. The number of carbonyl (C=O) groups is 2. The molecule has 28 heavy (non-hydrogen) atoms. The smallest absolute Gasteiger partial charge is 0.251 e. The zero-order chi connectivity index (χ0) is 19.9. The van der Waals surface area contributed by atoms with Gasteiger partial charge in [0.2, 0.25) is 5.91 Å². The molecular formula is C22H32N2O4. The number of likely N-dealkylation sites (tertiary alicyclic amines) is 1.